The topological polar surface area (TPSA) is 112 Å². The largest absolute Gasteiger partial charge is 0.490 e. The SMILES string of the molecule is C[C@@]1(c2ccc3c(c2)OCCCO3)C(=O)N(CN2CCN(c3ncccn3)CC2)C(=O)N1CO. The van der Waals surface area contributed by atoms with Crippen LogP contribution in [0.15, 0.2) is 36.7 Å². The minimum atomic E-state index is -1.35. The Bertz CT molecular complexity index is 1060. The third-order valence-corrected chi connectivity index (χ3v) is 6.66. The van der Waals surface area contributed by atoms with Crippen LogP contribution in [-0.2, 0) is 10.3 Å². The molecule has 2 fully saturated rings. The van der Waals surface area contributed by atoms with Gasteiger partial charge in [-0.1, -0.05) is 6.07 Å². The smallest absolute Gasteiger partial charge is 0.330 e. The first-order valence-corrected chi connectivity index (χ1v) is 11.4. The number of aliphatic hydroxyl groups excluding tert-OH is 1. The van der Waals surface area contributed by atoms with Crippen LogP contribution in [0.1, 0.15) is 18.9 Å². The molecule has 0 saturated carbocycles. The standard InChI is InChI=1S/C23H28N6O5/c1-23(17-4-5-18-19(14-17)34-13-3-12-33-18)20(31)28(22(32)29(23)16-30)15-26-8-10-27(11-9-26)21-24-6-2-7-25-21/h2,4-7,14,30H,3,8-13,15-16H2,1H3/t23-/m1/s1. The number of benzene rings is 1. The maximum atomic E-state index is 13.6. The molecule has 0 radical (unpaired) electrons. The second-order valence-electron chi connectivity index (χ2n) is 8.66. The number of aromatic nitrogens is 2. The molecule has 1 atom stereocenters. The summed E-state index contributed by atoms with van der Waals surface area (Å²) in [5.41, 5.74) is -0.784. The van der Waals surface area contributed by atoms with Crippen molar-refractivity contribution in [3.63, 3.8) is 0 Å². The number of nitrogens with zero attached hydrogens (tertiary/aromatic N) is 6. The van der Waals surface area contributed by atoms with E-state index in [9.17, 15) is 14.7 Å². The maximum absolute atomic E-state index is 13.6. The molecule has 1 aromatic carbocycles. The van der Waals surface area contributed by atoms with E-state index in [1.807, 2.05) is 4.90 Å². The first-order valence-electron chi connectivity index (χ1n) is 11.4. The fraction of sp³-hybridized carbons (Fsp3) is 0.478. The van der Waals surface area contributed by atoms with E-state index < -0.39 is 18.3 Å². The Morgan fingerprint density at radius 3 is 2.44 bits per heavy atom. The molecule has 0 spiro atoms. The van der Waals surface area contributed by atoms with Gasteiger partial charge in [0.25, 0.3) is 5.91 Å². The van der Waals surface area contributed by atoms with E-state index in [2.05, 4.69) is 14.9 Å². The Hall–Kier alpha value is -3.44. The molecule has 0 aliphatic carbocycles. The molecular weight excluding hydrogens is 440 g/mol. The Morgan fingerprint density at radius 1 is 1.03 bits per heavy atom. The Kier molecular flexibility index (Phi) is 5.96. The van der Waals surface area contributed by atoms with Crippen LogP contribution < -0.4 is 14.4 Å². The fourth-order valence-corrected chi connectivity index (χ4v) is 4.62. The van der Waals surface area contributed by atoms with E-state index in [-0.39, 0.29) is 12.6 Å². The second kappa shape index (κ2) is 9.07. The average Bonchev–Trinajstić information content (AvgIpc) is 3.03. The molecule has 0 unspecified atom stereocenters. The van der Waals surface area contributed by atoms with Gasteiger partial charge in [0.1, 0.15) is 12.3 Å². The summed E-state index contributed by atoms with van der Waals surface area (Å²) in [5, 5.41) is 10.1. The highest BCUT2D eigenvalue weighted by molar-refractivity contribution is 6.07. The normalized spacial score (nSPS) is 23.4. The lowest BCUT2D eigenvalue weighted by Crippen LogP contribution is -2.52. The van der Waals surface area contributed by atoms with Crippen molar-refractivity contribution in [2.75, 3.05) is 57.7 Å². The first kappa shape index (κ1) is 22.4. The van der Waals surface area contributed by atoms with Gasteiger partial charge in [-0.3, -0.25) is 14.6 Å². The van der Waals surface area contributed by atoms with Crippen LogP contribution in [0.3, 0.4) is 0 Å². The molecule has 34 heavy (non-hydrogen) atoms. The van der Waals surface area contributed by atoms with Gasteiger partial charge in [-0.15, -0.1) is 0 Å². The van der Waals surface area contributed by atoms with Gasteiger partial charge in [-0.05, 0) is 30.7 Å². The lowest BCUT2D eigenvalue weighted by molar-refractivity contribution is -0.135. The molecule has 1 aromatic heterocycles. The van der Waals surface area contributed by atoms with Crippen LogP contribution in [0.25, 0.3) is 0 Å². The van der Waals surface area contributed by atoms with Crippen molar-refractivity contribution in [2.45, 2.75) is 18.9 Å². The van der Waals surface area contributed by atoms with Crippen molar-refractivity contribution in [1.29, 1.82) is 0 Å². The third-order valence-electron chi connectivity index (χ3n) is 6.66. The molecule has 4 heterocycles. The molecule has 2 saturated heterocycles. The summed E-state index contributed by atoms with van der Waals surface area (Å²) in [6, 6.07) is 6.50. The number of aliphatic hydroxyl groups is 1. The Balaban J connectivity index is 1.33. The van der Waals surface area contributed by atoms with Gasteiger partial charge in [0.15, 0.2) is 11.5 Å². The predicted octanol–water partition coefficient (Wildman–Crippen LogP) is 0.847. The van der Waals surface area contributed by atoms with Gasteiger partial charge < -0.3 is 19.5 Å². The number of carbonyl (C=O) groups is 2. The van der Waals surface area contributed by atoms with E-state index in [1.54, 1.807) is 43.6 Å². The number of anilines is 1. The number of hydrogen-bond acceptors (Lipinski definition) is 9. The zero-order chi connectivity index (χ0) is 23.7. The van der Waals surface area contributed by atoms with Crippen molar-refractivity contribution in [1.82, 2.24) is 24.7 Å². The number of ether oxygens (including phenoxy) is 2. The van der Waals surface area contributed by atoms with Crippen LogP contribution in [0.2, 0.25) is 0 Å². The first-order chi connectivity index (χ1) is 16.5. The lowest BCUT2D eigenvalue weighted by Gasteiger charge is -2.36. The molecule has 3 amide bonds. The minimum absolute atomic E-state index is 0.151. The van der Waals surface area contributed by atoms with Gasteiger partial charge in [-0.2, -0.15) is 0 Å². The molecular formula is C23H28N6O5. The van der Waals surface area contributed by atoms with Crippen molar-refractivity contribution >= 4 is 17.9 Å². The van der Waals surface area contributed by atoms with Crippen LogP contribution in [-0.4, -0.2) is 94.5 Å². The molecule has 11 nitrogen and oxygen atoms in total. The van der Waals surface area contributed by atoms with Gasteiger partial charge in [0, 0.05) is 45.0 Å². The average molecular weight is 469 g/mol. The van der Waals surface area contributed by atoms with Gasteiger partial charge in [0.05, 0.1) is 19.9 Å². The molecule has 2 aromatic rings. The number of amides is 3. The fourth-order valence-electron chi connectivity index (χ4n) is 4.62. The maximum Gasteiger partial charge on any atom is 0.330 e. The molecule has 0 bridgehead atoms. The lowest BCUT2D eigenvalue weighted by atomic mass is 9.90. The zero-order valence-electron chi connectivity index (χ0n) is 19.1. The molecule has 1 N–H and O–H groups in total. The number of piperazine rings is 1. The highest BCUT2D eigenvalue weighted by atomic mass is 16.5. The van der Waals surface area contributed by atoms with E-state index in [0.717, 1.165) is 6.42 Å². The van der Waals surface area contributed by atoms with Crippen molar-refractivity contribution in [3.8, 4) is 11.5 Å². The summed E-state index contributed by atoms with van der Waals surface area (Å²) in [7, 11) is 0. The molecule has 3 aliphatic rings. The van der Waals surface area contributed by atoms with Crippen molar-refractivity contribution in [3.05, 3.63) is 42.2 Å². The van der Waals surface area contributed by atoms with E-state index in [0.29, 0.717) is 62.4 Å². The molecule has 180 valence electrons. The van der Waals surface area contributed by atoms with Gasteiger partial charge in [0.2, 0.25) is 5.95 Å². The number of carbonyl (C=O) groups excluding carboxylic acids is 2. The number of rotatable bonds is 5. The summed E-state index contributed by atoms with van der Waals surface area (Å²) in [5.74, 6) is 1.43. The third kappa shape index (κ3) is 3.80. The summed E-state index contributed by atoms with van der Waals surface area (Å²) < 4.78 is 11.5. The highest BCUT2D eigenvalue weighted by Crippen LogP contribution is 2.41. The number of imide groups is 1. The van der Waals surface area contributed by atoms with Crippen molar-refractivity contribution in [2.24, 2.45) is 0 Å². The second-order valence-corrected chi connectivity index (χ2v) is 8.66. The Morgan fingerprint density at radius 2 is 1.74 bits per heavy atom. The molecule has 3 aliphatic heterocycles. The molecule has 5 rings (SSSR count). The number of fused-ring (bicyclic) bond motifs is 1. The number of hydrogen-bond donors (Lipinski definition) is 1. The van der Waals surface area contributed by atoms with E-state index in [4.69, 9.17) is 9.47 Å². The van der Waals surface area contributed by atoms with E-state index in [1.165, 1.54) is 9.80 Å². The quantitative estimate of drug-likeness (QED) is 0.638. The van der Waals surface area contributed by atoms with Gasteiger partial charge >= 0.3 is 6.03 Å². The predicted molar refractivity (Wildman–Crippen MR) is 121 cm³/mol. The molecule has 11 heteroatoms. The Labute approximate surface area is 197 Å². The van der Waals surface area contributed by atoms with Crippen LogP contribution in [0.5, 0.6) is 11.5 Å². The van der Waals surface area contributed by atoms with Crippen LogP contribution in [0, 0.1) is 0 Å². The minimum Gasteiger partial charge on any atom is -0.490 e. The van der Waals surface area contributed by atoms with Crippen molar-refractivity contribution < 1.29 is 24.2 Å². The summed E-state index contributed by atoms with van der Waals surface area (Å²) in [4.78, 5) is 41.9. The van der Waals surface area contributed by atoms with E-state index >= 15 is 0 Å². The zero-order valence-corrected chi connectivity index (χ0v) is 19.1. The summed E-state index contributed by atoms with van der Waals surface area (Å²) in [6.07, 6.45) is 4.18. The van der Waals surface area contributed by atoms with Crippen LogP contribution >= 0.6 is 0 Å². The van der Waals surface area contributed by atoms with Gasteiger partial charge in [-0.25, -0.2) is 19.7 Å². The monoisotopic (exact) mass is 468 g/mol. The highest BCUT2D eigenvalue weighted by Gasteiger charge is 2.55. The summed E-state index contributed by atoms with van der Waals surface area (Å²) >= 11 is 0. The number of urea groups is 1. The van der Waals surface area contributed by atoms with Crippen LogP contribution in [0.4, 0.5) is 10.7 Å². The summed E-state index contributed by atoms with van der Waals surface area (Å²) in [6.45, 7) is 4.96.